The standard InChI is InChI=1S/C23H22N2O3S/c1-14-5-4-10-25(12-14)13-17-19(26)9-8-15-11-16(23(27)28-21(15)17)22-24-18-6-2-3-7-20(18)29-22/h2-3,6-9,11,14,26H,4-5,10,12-13H2,1H3. The number of rotatable bonds is 3. The normalized spacial score (nSPS) is 17.9. The van der Waals surface area contributed by atoms with Gasteiger partial charge in [-0.1, -0.05) is 19.1 Å². The summed E-state index contributed by atoms with van der Waals surface area (Å²) >= 11 is 1.48. The van der Waals surface area contributed by atoms with E-state index in [2.05, 4.69) is 16.8 Å². The molecule has 1 aliphatic rings. The summed E-state index contributed by atoms with van der Waals surface area (Å²) in [5, 5.41) is 11.9. The van der Waals surface area contributed by atoms with Gasteiger partial charge in [-0.05, 0) is 55.6 Å². The maximum atomic E-state index is 12.8. The highest BCUT2D eigenvalue weighted by atomic mass is 32.1. The molecule has 29 heavy (non-hydrogen) atoms. The van der Waals surface area contributed by atoms with Gasteiger partial charge in [-0.2, -0.15) is 0 Å². The first-order valence-corrected chi connectivity index (χ1v) is 10.8. The van der Waals surface area contributed by atoms with Crippen LogP contribution in [0.3, 0.4) is 0 Å². The second-order valence-corrected chi connectivity index (χ2v) is 8.93. The molecule has 0 spiro atoms. The van der Waals surface area contributed by atoms with E-state index in [1.54, 1.807) is 12.1 Å². The van der Waals surface area contributed by atoms with Crippen LogP contribution in [-0.2, 0) is 6.54 Å². The molecule has 2 aromatic carbocycles. The van der Waals surface area contributed by atoms with Crippen molar-refractivity contribution in [2.45, 2.75) is 26.3 Å². The lowest BCUT2D eigenvalue weighted by molar-refractivity contribution is 0.175. The molecule has 4 aromatic rings. The zero-order chi connectivity index (χ0) is 20.0. The van der Waals surface area contributed by atoms with Crippen LogP contribution in [0.15, 0.2) is 51.7 Å². The van der Waals surface area contributed by atoms with Crippen molar-refractivity contribution < 1.29 is 9.52 Å². The van der Waals surface area contributed by atoms with E-state index in [0.717, 1.165) is 35.1 Å². The van der Waals surface area contributed by atoms with Gasteiger partial charge in [-0.15, -0.1) is 11.3 Å². The average molecular weight is 407 g/mol. The summed E-state index contributed by atoms with van der Waals surface area (Å²) in [4.78, 5) is 19.7. The quantitative estimate of drug-likeness (QED) is 0.485. The molecule has 1 saturated heterocycles. The van der Waals surface area contributed by atoms with Gasteiger partial charge in [0, 0.05) is 18.5 Å². The molecule has 2 aromatic heterocycles. The number of phenolic OH excluding ortho intramolecular Hbond substituents is 1. The van der Waals surface area contributed by atoms with Crippen LogP contribution in [0.2, 0.25) is 0 Å². The van der Waals surface area contributed by atoms with Crippen molar-refractivity contribution in [3.05, 3.63) is 58.4 Å². The number of fused-ring (bicyclic) bond motifs is 2. The largest absolute Gasteiger partial charge is 0.507 e. The first-order valence-electron chi connectivity index (χ1n) is 9.95. The van der Waals surface area contributed by atoms with E-state index in [1.807, 2.05) is 30.3 Å². The molecule has 1 fully saturated rings. The summed E-state index contributed by atoms with van der Waals surface area (Å²) in [6.07, 6.45) is 2.39. The second-order valence-electron chi connectivity index (χ2n) is 7.90. The third kappa shape index (κ3) is 3.43. The molecule has 0 saturated carbocycles. The van der Waals surface area contributed by atoms with Crippen LogP contribution in [0.5, 0.6) is 5.75 Å². The summed E-state index contributed by atoms with van der Waals surface area (Å²) in [6, 6.07) is 13.2. The number of likely N-dealkylation sites (tertiary alicyclic amines) is 1. The van der Waals surface area contributed by atoms with E-state index in [9.17, 15) is 9.90 Å². The minimum absolute atomic E-state index is 0.173. The van der Waals surface area contributed by atoms with E-state index < -0.39 is 5.63 Å². The van der Waals surface area contributed by atoms with Gasteiger partial charge in [-0.25, -0.2) is 9.78 Å². The van der Waals surface area contributed by atoms with Crippen LogP contribution in [0.1, 0.15) is 25.3 Å². The van der Waals surface area contributed by atoms with Gasteiger partial charge < -0.3 is 9.52 Å². The van der Waals surface area contributed by atoms with E-state index in [0.29, 0.717) is 34.2 Å². The molecule has 0 amide bonds. The fraction of sp³-hybridized carbons (Fsp3) is 0.304. The van der Waals surface area contributed by atoms with Crippen LogP contribution >= 0.6 is 11.3 Å². The maximum Gasteiger partial charge on any atom is 0.346 e. The number of phenols is 1. The second kappa shape index (κ2) is 7.28. The van der Waals surface area contributed by atoms with E-state index in [-0.39, 0.29) is 5.75 Å². The molecule has 1 unspecified atom stereocenters. The highest BCUT2D eigenvalue weighted by molar-refractivity contribution is 7.21. The molecule has 3 heterocycles. The van der Waals surface area contributed by atoms with Crippen molar-refractivity contribution in [2.24, 2.45) is 5.92 Å². The highest BCUT2D eigenvalue weighted by Crippen LogP contribution is 2.33. The predicted molar refractivity (Wildman–Crippen MR) is 116 cm³/mol. The number of para-hydroxylation sites is 1. The first-order chi connectivity index (χ1) is 14.1. The molecular formula is C23H22N2O3S. The number of hydrogen-bond acceptors (Lipinski definition) is 6. The van der Waals surface area contributed by atoms with Crippen LogP contribution in [0, 0.1) is 5.92 Å². The van der Waals surface area contributed by atoms with Gasteiger partial charge in [0.05, 0.1) is 21.3 Å². The molecular weight excluding hydrogens is 384 g/mol. The van der Waals surface area contributed by atoms with Crippen molar-refractivity contribution in [1.29, 1.82) is 0 Å². The maximum absolute atomic E-state index is 12.8. The Balaban J connectivity index is 1.59. The van der Waals surface area contributed by atoms with Crippen molar-refractivity contribution in [3.8, 4) is 16.3 Å². The Morgan fingerprint density at radius 3 is 2.97 bits per heavy atom. The molecule has 1 N–H and O–H groups in total. The Kier molecular flexibility index (Phi) is 4.60. The molecule has 5 nitrogen and oxygen atoms in total. The van der Waals surface area contributed by atoms with Crippen LogP contribution < -0.4 is 5.63 Å². The summed E-state index contributed by atoms with van der Waals surface area (Å²) in [5.41, 5.74) is 2.07. The first kappa shape index (κ1) is 18.3. The molecule has 1 aliphatic heterocycles. The fourth-order valence-corrected chi connectivity index (χ4v) is 5.14. The number of aromatic nitrogens is 1. The fourth-order valence-electron chi connectivity index (χ4n) is 4.18. The smallest absolute Gasteiger partial charge is 0.346 e. The zero-order valence-electron chi connectivity index (χ0n) is 16.2. The lowest BCUT2D eigenvalue weighted by atomic mass is 9.99. The number of piperidine rings is 1. The molecule has 148 valence electrons. The van der Waals surface area contributed by atoms with Crippen LogP contribution in [0.25, 0.3) is 31.8 Å². The number of thiazole rings is 1. The lowest BCUT2D eigenvalue weighted by Crippen LogP contribution is -2.33. The van der Waals surface area contributed by atoms with Crippen LogP contribution in [-0.4, -0.2) is 28.1 Å². The molecule has 5 rings (SSSR count). The topological polar surface area (TPSA) is 66.6 Å². The monoisotopic (exact) mass is 406 g/mol. The van der Waals surface area contributed by atoms with E-state index >= 15 is 0 Å². The average Bonchev–Trinajstić information content (AvgIpc) is 3.14. The summed E-state index contributed by atoms with van der Waals surface area (Å²) in [5.74, 6) is 0.810. The van der Waals surface area contributed by atoms with Gasteiger partial charge >= 0.3 is 5.63 Å². The summed E-state index contributed by atoms with van der Waals surface area (Å²) in [6.45, 7) is 4.81. The highest BCUT2D eigenvalue weighted by Gasteiger charge is 2.21. The molecule has 0 radical (unpaired) electrons. The molecule has 0 bridgehead atoms. The zero-order valence-corrected chi connectivity index (χ0v) is 17.0. The Labute approximate surface area is 172 Å². The molecule has 6 heteroatoms. The third-order valence-electron chi connectivity index (χ3n) is 5.63. The van der Waals surface area contributed by atoms with Crippen molar-refractivity contribution in [2.75, 3.05) is 13.1 Å². The van der Waals surface area contributed by atoms with Crippen molar-refractivity contribution in [3.63, 3.8) is 0 Å². The van der Waals surface area contributed by atoms with E-state index in [4.69, 9.17) is 4.42 Å². The SMILES string of the molecule is CC1CCCN(Cc2c(O)ccc3cc(-c4nc5ccccc5s4)c(=O)oc23)C1. The van der Waals surface area contributed by atoms with Crippen molar-refractivity contribution in [1.82, 2.24) is 9.88 Å². The Morgan fingerprint density at radius 2 is 2.14 bits per heavy atom. The predicted octanol–water partition coefficient (Wildman–Crippen LogP) is 5.01. The minimum Gasteiger partial charge on any atom is -0.507 e. The summed E-state index contributed by atoms with van der Waals surface area (Å²) in [7, 11) is 0. The molecule has 1 atom stereocenters. The van der Waals surface area contributed by atoms with Crippen molar-refractivity contribution >= 4 is 32.5 Å². The third-order valence-corrected chi connectivity index (χ3v) is 6.70. The summed E-state index contributed by atoms with van der Waals surface area (Å²) < 4.78 is 6.78. The van der Waals surface area contributed by atoms with Gasteiger partial charge in [-0.3, -0.25) is 4.90 Å². The number of aromatic hydroxyl groups is 1. The Bertz CT molecular complexity index is 1230. The van der Waals surface area contributed by atoms with Crippen LogP contribution in [0.4, 0.5) is 0 Å². The van der Waals surface area contributed by atoms with Gasteiger partial charge in [0.2, 0.25) is 0 Å². The number of benzene rings is 2. The minimum atomic E-state index is -0.421. The number of nitrogens with zero attached hydrogens (tertiary/aromatic N) is 2. The number of hydrogen-bond donors (Lipinski definition) is 1. The van der Waals surface area contributed by atoms with Gasteiger partial charge in [0.1, 0.15) is 16.3 Å². The lowest BCUT2D eigenvalue weighted by Gasteiger charge is -2.31. The molecule has 0 aliphatic carbocycles. The van der Waals surface area contributed by atoms with E-state index in [1.165, 1.54) is 17.8 Å². The van der Waals surface area contributed by atoms with Gasteiger partial charge in [0.25, 0.3) is 0 Å². The Hall–Kier alpha value is -2.70. The van der Waals surface area contributed by atoms with Gasteiger partial charge in [0.15, 0.2) is 0 Å². The Morgan fingerprint density at radius 1 is 1.28 bits per heavy atom.